The highest BCUT2D eigenvalue weighted by Crippen LogP contribution is 2.59. The molecule has 0 aliphatic heterocycles. The zero-order chi connectivity index (χ0) is 54.3. The van der Waals surface area contributed by atoms with Gasteiger partial charge in [0, 0.05) is 67.8 Å². The van der Waals surface area contributed by atoms with Gasteiger partial charge in [-0.1, -0.05) is 146 Å². The molecule has 0 saturated carbocycles. The summed E-state index contributed by atoms with van der Waals surface area (Å²) in [6, 6.07) is 89.9. The minimum absolute atomic E-state index is 0.172. The van der Waals surface area contributed by atoms with Crippen LogP contribution < -0.4 is 9.80 Å². The Morgan fingerprint density at radius 1 is 0.284 bits per heavy atom. The lowest BCUT2D eigenvalue weighted by Crippen LogP contribution is -2.29. The number of hydrogen-bond donors (Lipinski definition) is 0. The Morgan fingerprint density at radius 3 is 1.04 bits per heavy atom. The molecule has 1 aliphatic carbocycles. The van der Waals surface area contributed by atoms with E-state index in [-0.39, 0.29) is 11.4 Å². The predicted molar refractivity (Wildman–Crippen MR) is 322 cm³/mol. The van der Waals surface area contributed by atoms with Crippen molar-refractivity contribution in [1.29, 1.82) is 0 Å². The summed E-state index contributed by atoms with van der Waals surface area (Å²) in [4.78, 5) is 3.75. The number of anilines is 6. The molecule has 8 heteroatoms. The number of benzene rings is 12. The predicted octanol–water partition coefficient (Wildman–Crippen LogP) is 19.7. The van der Waals surface area contributed by atoms with Crippen molar-refractivity contribution in [3.8, 4) is 22.5 Å². The Bertz CT molecular complexity index is 4460. The zero-order valence-electron chi connectivity index (χ0n) is 43.4. The molecular formula is C73H46F4N4. The van der Waals surface area contributed by atoms with Crippen LogP contribution in [0.1, 0.15) is 22.3 Å². The molecule has 0 fully saturated rings. The lowest BCUT2D eigenvalue weighted by Gasteiger charge is -2.35. The van der Waals surface area contributed by atoms with Gasteiger partial charge in [-0.25, -0.2) is 17.6 Å². The standard InChI is InChI=1S/C73H46F4N4/c74-49-29-37-71(65(76)41-49)78(53-33-39-69-61(43-53)59-25-13-15-27-67(59)80(69)51-21-9-3-10-22-51)55-31-35-57-58-36-32-56(46-64(58)73(63(57)45-55,47-17-5-1-6-18-47)48-19-7-2-8-20-48)79(72-38-30-50(75)42-66(72)77)54-34-40-70-62(44-54)60-26-14-16-28-68(60)81(70)52-23-11-4-12-24-52/h1-46H. The van der Waals surface area contributed by atoms with Crippen LogP contribution in [0, 0.1) is 23.3 Å². The molecular weight excluding hydrogens is 1010 g/mol. The third-order valence-electron chi connectivity index (χ3n) is 16.2. The molecule has 0 unspecified atom stereocenters. The number of halogens is 4. The molecule has 81 heavy (non-hydrogen) atoms. The molecule has 4 nitrogen and oxygen atoms in total. The molecule has 0 bridgehead atoms. The summed E-state index contributed by atoms with van der Waals surface area (Å²) in [5, 5.41) is 3.98. The average molecular weight is 1060 g/mol. The normalized spacial score (nSPS) is 12.5. The molecule has 0 saturated heterocycles. The van der Waals surface area contributed by atoms with E-state index in [2.05, 4.69) is 130 Å². The lowest BCUT2D eigenvalue weighted by atomic mass is 9.67. The lowest BCUT2D eigenvalue weighted by molar-refractivity contribution is 0.583. The number of fused-ring (bicyclic) bond motifs is 9. The second-order valence-corrected chi connectivity index (χ2v) is 20.6. The van der Waals surface area contributed by atoms with E-state index in [9.17, 15) is 0 Å². The van der Waals surface area contributed by atoms with Gasteiger partial charge in [0.1, 0.15) is 23.3 Å². The van der Waals surface area contributed by atoms with Crippen LogP contribution in [0.2, 0.25) is 0 Å². The van der Waals surface area contributed by atoms with Crippen LogP contribution in [0.3, 0.4) is 0 Å². The first-order valence-corrected chi connectivity index (χ1v) is 26.9. The van der Waals surface area contributed by atoms with Crippen LogP contribution in [-0.2, 0) is 5.41 Å². The topological polar surface area (TPSA) is 16.3 Å². The first-order chi connectivity index (χ1) is 39.8. The largest absolute Gasteiger partial charge is 0.309 e. The fourth-order valence-electron chi connectivity index (χ4n) is 12.8. The van der Waals surface area contributed by atoms with Gasteiger partial charge in [-0.15, -0.1) is 0 Å². The van der Waals surface area contributed by atoms with E-state index in [0.717, 1.165) is 100 Å². The Hall–Kier alpha value is -10.4. The van der Waals surface area contributed by atoms with Crippen molar-refractivity contribution in [3.05, 3.63) is 325 Å². The molecule has 14 aromatic rings. The summed E-state index contributed by atoms with van der Waals surface area (Å²) in [5.41, 5.74) is 13.7. The quantitative estimate of drug-likeness (QED) is 0.127. The van der Waals surface area contributed by atoms with Crippen LogP contribution in [-0.4, -0.2) is 9.13 Å². The second kappa shape index (κ2) is 18.9. The molecule has 15 rings (SSSR count). The molecule has 0 radical (unpaired) electrons. The maximum Gasteiger partial charge on any atom is 0.150 e. The maximum absolute atomic E-state index is 16.8. The van der Waals surface area contributed by atoms with Gasteiger partial charge in [-0.05, 0) is 155 Å². The van der Waals surface area contributed by atoms with E-state index in [0.29, 0.717) is 22.7 Å². The van der Waals surface area contributed by atoms with Crippen molar-refractivity contribution >= 4 is 77.7 Å². The number of hydrogen-bond acceptors (Lipinski definition) is 2. The molecule has 0 atom stereocenters. The Kier molecular flexibility index (Phi) is 11.1. The third kappa shape index (κ3) is 7.51. The van der Waals surface area contributed by atoms with Crippen molar-refractivity contribution in [1.82, 2.24) is 9.13 Å². The van der Waals surface area contributed by atoms with Crippen molar-refractivity contribution in [2.24, 2.45) is 0 Å². The molecule has 0 N–H and O–H groups in total. The van der Waals surface area contributed by atoms with E-state index < -0.39 is 28.7 Å². The Morgan fingerprint density at radius 2 is 0.630 bits per heavy atom. The first-order valence-electron chi connectivity index (χ1n) is 26.9. The van der Waals surface area contributed by atoms with Gasteiger partial charge in [-0.3, -0.25) is 0 Å². The summed E-state index contributed by atoms with van der Waals surface area (Å²) in [7, 11) is 0. The molecule has 386 valence electrons. The second-order valence-electron chi connectivity index (χ2n) is 20.6. The van der Waals surface area contributed by atoms with Crippen LogP contribution in [0.15, 0.2) is 279 Å². The highest BCUT2D eigenvalue weighted by molar-refractivity contribution is 6.12. The minimum atomic E-state index is -1.01. The molecule has 1 aliphatic rings. The van der Waals surface area contributed by atoms with Gasteiger partial charge < -0.3 is 18.9 Å². The highest BCUT2D eigenvalue weighted by Gasteiger charge is 2.47. The van der Waals surface area contributed by atoms with Crippen molar-refractivity contribution in [3.63, 3.8) is 0 Å². The Labute approximate surface area is 464 Å². The molecule has 0 spiro atoms. The minimum Gasteiger partial charge on any atom is -0.309 e. The summed E-state index contributed by atoms with van der Waals surface area (Å²) < 4.78 is 68.1. The SMILES string of the molecule is Fc1ccc(N(c2ccc3c(c2)C(c2ccccc2)(c2ccccc2)c2cc(N(c4ccc5c(c4)c4ccccc4n5-c4ccccc4)c4ccc(F)cc4F)ccc2-3)c2ccc3c(c2)c2ccccc2n3-c2ccccc2)c(F)c1. The van der Waals surface area contributed by atoms with Gasteiger partial charge in [0.15, 0.2) is 0 Å². The number of nitrogens with zero attached hydrogens (tertiary/aromatic N) is 4. The molecule has 2 aromatic heterocycles. The molecule has 2 heterocycles. The fraction of sp³-hybridized carbons (Fsp3) is 0.0137. The molecule has 12 aromatic carbocycles. The molecule has 0 amide bonds. The summed E-state index contributed by atoms with van der Waals surface area (Å²) in [6.07, 6.45) is 0. The van der Waals surface area contributed by atoms with Crippen molar-refractivity contribution < 1.29 is 17.6 Å². The number of aromatic nitrogens is 2. The van der Waals surface area contributed by atoms with Crippen LogP contribution in [0.25, 0.3) is 66.1 Å². The van der Waals surface area contributed by atoms with Crippen LogP contribution in [0.4, 0.5) is 51.7 Å². The van der Waals surface area contributed by atoms with Crippen molar-refractivity contribution in [2.45, 2.75) is 5.41 Å². The Balaban J connectivity index is 0.965. The van der Waals surface area contributed by atoms with Gasteiger partial charge in [0.2, 0.25) is 0 Å². The van der Waals surface area contributed by atoms with E-state index in [1.54, 1.807) is 0 Å². The summed E-state index contributed by atoms with van der Waals surface area (Å²) in [5.74, 6) is -2.80. The van der Waals surface area contributed by atoms with Gasteiger partial charge >= 0.3 is 0 Å². The third-order valence-corrected chi connectivity index (χ3v) is 16.2. The summed E-state index contributed by atoms with van der Waals surface area (Å²) >= 11 is 0. The van der Waals surface area contributed by atoms with E-state index >= 15 is 17.6 Å². The van der Waals surface area contributed by atoms with E-state index in [1.807, 2.05) is 131 Å². The average Bonchev–Trinajstić information content (AvgIpc) is 4.35. The number of rotatable bonds is 10. The monoisotopic (exact) mass is 1050 g/mol. The van der Waals surface area contributed by atoms with E-state index in [1.165, 1.54) is 24.3 Å². The fourth-order valence-corrected chi connectivity index (χ4v) is 12.8. The zero-order valence-corrected chi connectivity index (χ0v) is 43.4. The first kappa shape index (κ1) is 47.7. The maximum atomic E-state index is 16.8. The number of para-hydroxylation sites is 4. The smallest absolute Gasteiger partial charge is 0.150 e. The van der Waals surface area contributed by atoms with Gasteiger partial charge in [0.05, 0.1) is 38.9 Å². The van der Waals surface area contributed by atoms with Gasteiger partial charge in [-0.2, -0.15) is 0 Å². The van der Waals surface area contributed by atoms with Crippen LogP contribution >= 0.6 is 0 Å². The highest BCUT2D eigenvalue weighted by atomic mass is 19.1. The summed E-state index contributed by atoms with van der Waals surface area (Å²) in [6.45, 7) is 0. The van der Waals surface area contributed by atoms with Gasteiger partial charge in [0.25, 0.3) is 0 Å². The van der Waals surface area contributed by atoms with E-state index in [4.69, 9.17) is 0 Å². The van der Waals surface area contributed by atoms with Crippen molar-refractivity contribution in [2.75, 3.05) is 9.80 Å². The van der Waals surface area contributed by atoms with Crippen LogP contribution in [0.5, 0.6) is 0 Å².